The topological polar surface area (TPSA) is 66.0 Å². The number of hydrogen-bond donors (Lipinski definition) is 1. The van der Waals surface area contributed by atoms with Gasteiger partial charge in [-0.2, -0.15) is 4.98 Å². The van der Waals surface area contributed by atoms with Gasteiger partial charge in [0.1, 0.15) is 12.1 Å². The van der Waals surface area contributed by atoms with Gasteiger partial charge in [-0.1, -0.05) is 29.8 Å². The SMILES string of the molecule is Nc1cc(Cl)c(F)cc1Oc1ncn(-c2ccccc2)n1. The van der Waals surface area contributed by atoms with Crippen LogP contribution in [0.15, 0.2) is 48.8 Å². The molecule has 0 spiro atoms. The Kier molecular flexibility index (Phi) is 3.45. The Morgan fingerprint density at radius 3 is 2.71 bits per heavy atom. The number of halogens is 2. The maximum absolute atomic E-state index is 13.4. The fraction of sp³-hybridized carbons (Fsp3) is 0. The summed E-state index contributed by atoms with van der Waals surface area (Å²) in [5.41, 5.74) is 6.75. The zero-order valence-corrected chi connectivity index (χ0v) is 11.5. The molecule has 7 heteroatoms. The van der Waals surface area contributed by atoms with Gasteiger partial charge in [0.25, 0.3) is 0 Å². The molecule has 0 aliphatic heterocycles. The highest BCUT2D eigenvalue weighted by Crippen LogP contribution is 2.30. The molecule has 2 aromatic carbocycles. The third-order valence-corrected chi connectivity index (χ3v) is 3.04. The largest absolute Gasteiger partial charge is 0.421 e. The molecule has 0 unspecified atom stereocenters. The van der Waals surface area contributed by atoms with Crippen molar-refractivity contribution < 1.29 is 9.13 Å². The van der Waals surface area contributed by atoms with Crippen molar-refractivity contribution in [3.05, 3.63) is 59.6 Å². The number of nitrogen functional groups attached to an aromatic ring is 1. The molecule has 0 aliphatic rings. The zero-order valence-electron chi connectivity index (χ0n) is 10.7. The van der Waals surface area contributed by atoms with Gasteiger partial charge in [0.15, 0.2) is 5.75 Å². The zero-order chi connectivity index (χ0) is 14.8. The van der Waals surface area contributed by atoms with E-state index >= 15 is 0 Å². The summed E-state index contributed by atoms with van der Waals surface area (Å²) in [6.45, 7) is 0. The van der Waals surface area contributed by atoms with Crippen LogP contribution >= 0.6 is 11.6 Å². The minimum absolute atomic E-state index is 0.0623. The number of anilines is 1. The first-order chi connectivity index (χ1) is 10.1. The van der Waals surface area contributed by atoms with Crippen molar-refractivity contribution in [3.63, 3.8) is 0 Å². The maximum atomic E-state index is 13.4. The van der Waals surface area contributed by atoms with Crippen molar-refractivity contribution in [1.82, 2.24) is 14.8 Å². The van der Waals surface area contributed by atoms with Gasteiger partial charge in [0, 0.05) is 6.07 Å². The first-order valence-electron chi connectivity index (χ1n) is 6.03. The lowest BCUT2D eigenvalue weighted by Crippen LogP contribution is -1.97. The molecule has 3 aromatic rings. The predicted octanol–water partition coefficient (Wildman–Crippen LogP) is 3.43. The van der Waals surface area contributed by atoms with E-state index in [4.69, 9.17) is 22.1 Å². The number of ether oxygens (including phenoxy) is 1. The molecule has 3 rings (SSSR count). The van der Waals surface area contributed by atoms with Gasteiger partial charge in [-0.05, 0) is 18.2 Å². The van der Waals surface area contributed by atoms with E-state index in [1.165, 1.54) is 17.1 Å². The van der Waals surface area contributed by atoms with Crippen LogP contribution in [0.1, 0.15) is 0 Å². The van der Waals surface area contributed by atoms with E-state index in [-0.39, 0.29) is 22.5 Å². The van der Waals surface area contributed by atoms with Crippen LogP contribution in [0.25, 0.3) is 5.69 Å². The van der Waals surface area contributed by atoms with E-state index in [1.807, 2.05) is 30.3 Å². The standard InChI is InChI=1S/C14H10ClFN4O/c15-10-6-12(17)13(7-11(10)16)21-14-18-8-20(19-14)9-4-2-1-3-5-9/h1-8H,17H2. The van der Waals surface area contributed by atoms with Crippen LogP contribution in [0.5, 0.6) is 11.8 Å². The fourth-order valence-corrected chi connectivity index (χ4v) is 1.90. The minimum Gasteiger partial charge on any atom is -0.421 e. The normalized spacial score (nSPS) is 10.6. The second-order valence-corrected chi connectivity index (χ2v) is 4.62. The van der Waals surface area contributed by atoms with Crippen LogP contribution < -0.4 is 10.5 Å². The second kappa shape index (κ2) is 5.41. The second-order valence-electron chi connectivity index (χ2n) is 4.21. The summed E-state index contributed by atoms with van der Waals surface area (Å²) < 4.78 is 20.3. The molecule has 1 heterocycles. The van der Waals surface area contributed by atoms with Gasteiger partial charge in [-0.25, -0.2) is 9.07 Å². The Labute approximate surface area is 124 Å². The summed E-state index contributed by atoms with van der Waals surface area (Å²) in [4.78, 5) is 4.00. The number of rotatable bonds is 3. The quantitative estimate of drug-likeness (QED) is 0.753. The van der Waals surface area contributed by atoms with Gasteiger partial charge in [0.05, 0.1) is 16.4 Å². The lowest BCUT2D eigenvalue weighted by Gasteiger charge is -2.06. The molecule has 2 N–H and O–H groups in total. The van der Waals surface area contributed by atoms with Crippen molar-refractivity contribution in [3.8, 4) is 17.4 Å². The van der Waals surface area contributed by atoms with Gasteiger partial charge in [0.2, 0.25) is 0 Å². The van der Waals surface area contributed by atoms with Crippen molar-refractivity contribution >= 4 is 17.3 Å². The first-order valence-corrected chi connectivity index (χ1v) is 6.41. The van der Waals surface area contributed by atoms with Crippen LogP contribution in [0.4, 0.5) is 10.1 Å². The van der Waals surface area contributed by atoms with E-state index < -0.39 is 5.82 Å². The van der Waals surface area contributed by atoms with Crippen LogP contribution in [-0.4, -0.2) is 14.8 Å². The number of benzene rings is 2. The molecular formula is C14H10ClFN4O. The van der Waals surface area contributed by atoms with Crippen LogP contribution in [-0.2, 0) is 0 Å². The van der Waals surface area contributed by atoms with Gasteiger partial charge in [-0.3, -0.25) is 0 Å². The van der Waals surface area contributed by atoms with E-state index in [2.05, 4.69) is 10.1 Å². The number of aromatic nitrogens is 3. The van der Waals surface area contributed by atoms with Gasteiger partial charge >= 0.3 is 6.01 Å². The average molecular weight is 305 g/mol. The molecule has 1 aromatic heterocycles. The molecule has 0 bridgehead atoms. The Balaban J connectivity index is 1.87. The summed E-state index contributed by atoms with van der Waals surface area (Å²) in [7, 11) is 0. The molecule has 21 heavy (non-hydrogen) atoms. The lowest BCUT2D eigenvalue weighted by atomic mass is 10.3. The fourth-order valence-electron chi connectivity index (χ4n) is 1.73. The number of nitrogens with two attached hydrogens (primary N) is 1. The summed E-state index contributed by atoms with van der Waals surface area (Å²) >= 11 is 5.63. The van der Waals surface area contributed by atoms with Crippen molar-refractivity contribution in [2.45, 2.75) is 0 Å². The van der Waals surface area contributed by atoms with Crippen LogP contribution in [0.2, 0.25) is 5.02 Å². The lowest BCUT2D eigenvalue weighted by molar-refractivity contribution is 0.440. The number of para-hydroxylation sites is 1. The van der Waals surface area contributed by atoms with E-state index in [0.29, 0.717) is 0 Å². The maximum Gasteiger partial charge on any atom is 0.341 e. The number of hydrogen-bond acceptors (Lipinski definition) is 4. The van der Waals surface area contributed by atoms with Crippen LogP contribution in [0.3, 0.4) is 0 Å². The third-order valence-electron chi connectivity index (χ3n) is 2.75. The van der Waals surface area contributed by atoms with E-state index in [9.17, 15) is 4.39 Å². The molecular weight excluding hydrogens is 295 g/mol. The Morgan fingerprint density at radius 2 is 1.95 bits per heavy atom. The first kappa shape index (κ1) is 13.4. The summed E-state index contributed by atoms with van der Waals surface area (Å²) in [6.07, 6.45) is 1.49. The van der Waals surface area contributed by atoms with Gasteiger partial charge in [-0.15, -0.1) is 5.10 Å². The Morgan fingerprint density at radius 1 is 1.19 bits per heavy atom. The minimum atomic E-state index is -0.622. The molecule has 0 atom stereocenters. The smallest absolute Gasteiger partial charge is 0.341 e. The highest BCUT2D eigenvalue weighted by atomic mass is 35.5. The molecule has 0 amide bonds. The third kappa shape index (κ3) is 2.80. The molecule has 0 aliphatic carbocycles. The Bertz CT molecular complexity index is 776. The van der Waals surface area contributed by atoms with E-state index in [1.54, 1.807) is 0 Å². The highest BCUT2D eigenvalue weighted by molar-refractivity contribution is 6.31. The predicted molar refractivity (Wildman–Crippen MR) is 77.3 cm³/mol. The molecule has 5 nitrogen and oxygen atoms in total. The van der Waals surface area contributed by atoms with Gasteiger partial charge < -0.3 is 10.5 Å². The summed E-state index contributed by atoms with van der Waals surface area (Å²) in [6, 6.07) is 11.8. The highest BCUT2D eigenvalue weighted by Gasteiger charge is 2.11. The average Bonchev–Trinajstić information content (AvgIpc) is 2.94. The molecule has 0 radical (unpaired) electrons. The summed E-state index contributed by atoms with van der Waals surface area (Å²) in [5.74, 6) is -0.508. The monoisotopic (exact) mass is 304 g/mol. The van der Waals surface area contributed by atoms with E-state index in [0.717, 1.165) is 11.8 Å². The van der Waals surface area contributed by atoms with Crippen molar-refractivity contribution in [2.24, 2.45) is 0 Å². The number of nitrogens with zero attached hydrogens (tertiary/aromatic N) is 3. The molecule has 0 fully saturated rings. The molecule has 0 saturated heterocycles. The van der Waals surface area contributed by atoms with Crippen molar-refractivity contribution in [2.75, 3.05) is 5.73 Å². The molecule has 0 saturated carbocycles. The Hall–Kier alpha value is -2.60. The van der Waals surface area contributed by atoms with Crippen molar-refractivity contribution in [1.29, 1.82) is 0 Å². The summed E-state index contributed by atoms with van der Waals surface area (Å²) in [5, 5.41) is 4.07. The van der Waals surface area contributed by atoms with Crippen LogP contribution in [0, 0.1) is 5.82 Å². The molecule has 106 valence electrons.